The van der Waals surface area contributed by atoms with Crippen molar-refractivity contribution >= 4 is 32.3 Å². The first-order valence-corrected chi connectivity index (χ1v) is 17.5. The molecular weight excluding hydrogens is 619 g/mol. The van der Waals surface area contributed by atoms with E-state index in [9.17, 15) is 0 Å². The lowest BCUT2D eigenvalue weighted by atomic mass is 9.76. The van der Waals surface area contributed by atoms with Crippen LogP contribution in [-0.2, 0) is 5.41 Å². The van der Waals surface area contributed by atoms with Gasteiger partial charge in [0.2, 0.25) is 0 Å². The van der Waals surface area contributed by atoms with Crippen LogP contribution >= 0.6 is 0 Å². The minimum Gasteiger partial charge on any atom is -0.208 e. The average molecular weight is 652 g/mol. The van der Waals surface area contributed by atoms with Crippen LogP contribution in [0.4, 0.5) is 0 Å². The SMILES string of the molecule is CC1(C)c2ccc3ccccc3c2-c2cccc(-c3c(-c4nc(-c5ccccc5)nc(-c5ccccc5)n4)c4ccccc4c4ccccc34)c21. The van der Waals surface area contributed by atoms with Crippen molar-refractivity contribution in [1.29, 1.82) is 0 Å². The molecule has 1 aliphatic carbocycles. The van der Waals surface area contributed by atoms with Crippen LogP contribution < -0.4 is 0 Å². The van der Waals surface area contributed by atoms with E-state index in [1.54, 1.807) is 0 Å². The predicted molar refractivity (Wildman–Crippen MR) is 212 cm³/mol. The van der Waals surface area contributed by atoms with Crippen molar-refractivity contribution in [2.45, 2.75) is 19.3 Å². The van der Waals surface area contributed by atoms with Gasteiger partial charge in [-0.05, 0) is 60.1 Å². The van der Waals surface area contributed by atoms with E-state index in [0.29, 0.717) is 17.5 Å². The number of aromatic nitrogens is 3. The third kappa shape index (κ3) is 4.48. The van der Waals surface area contributed by atoms with E-state index in [1.165, 1.54) is 54.7 Å². The summed E-state index contributed by atoms with van der Waals surface area (Å²) in [6.07, 6.45) is 0. The van der Waals surface area contributed by atoms with Gasteiger partial charge in [-0.2, -0.15) is 0 Å². The normalized spacial score (nSPS) is 13.1. The molecule has 8 aromatic carbocycles. The van der Waals surface area contributed by atoms with Crippen LogP contribution in [-0.4, -0.2) is 15.0 Å². The van der Waals surface area contributed by atoms with Gasteiger partial charge in [-0.1, -0.05) is 178 Å². The molecule has 0 spiro atoms. The molecule has 0 atom stereocenters. The number of rotatable bonds is 4. The fourth-order valence-corrected chi connectivity index (χ4v) is 8.43. The van der Waals surface area contributed by atoms with Crippen LogP contribution in [0.25, 0.3) is 88.7 Å². The highest BCUT2D eigenvalue weighted by atomic mass is 15.0. The monoisotopic (exact) mass is 651 g/mol. The molecule has 0 aliphatic heterocycles. The molecule has 51 heavy (non-hydrogen) atoms. The zero-order valence-electron chi connectivity index (χ0n) is 28.4. The summed E-state index contributed by atoms with van der Waals surface area (Å²) in [4.78, 5) is 15.7. The summed E-state index contributed by atoms with van der Waals surface area (Å²) < 4.78 is 0. The van der Waals surface area contributed by atoms with E-state index in [-0.39, 0.29) is 5.41 Å². The topological polar surface area (TPSA) is 38.7 Å². The molecule has 3 heteroatoms. The molecule has 1 heterocycles. The molecule has 0 unspecified atom stereocenters. The molecule has 10 rings (SSSR count). The fraction of sp³-hybridized carbons (Fsp3) is 0.0625. The lowest BCUT2D eigenvalue weighted by Crippen LogP contribution is -2.16. The van der Waals surface area contributed by atoms with Crippen molar-refractivity contribution < 1.29 is 0 Å². The van der Waals surface area contributed by atoms with E-state index in [4.69, 9.17) is 15.0 Å². The molecule has 9 aromatic rings. The zero-order chi connectivity index (χ0) is 34.1. The fourth-order valence-electron chi connectivity index (χ4n) is 8.43. The number of benzene rings is 8. The molecule has 3 nitrogen and oxygen atoms in total. The number of hydrogen-bond donors (Lipinski definition) is 0. The molecular formula is C48H33N3. The van der Waals surface area contributed by atoms with Crippen molar-refractivity contribution in [3.05, 3.63) is 175 Å². The Bertz CT molecular complexity index is 2760. The molecule has 1 aromatic heterocycles. The highest BCUT2D eigenvalue weighted by molar-refractivity contribution is 6.22. The van der Waals surface area contributed by atoms with Gasteiger partial charge >= 0.3 is 0 Å². The van der Waals surface area contributed by atoms with Crippen LogP contribution in [0.1, 0.15) is 25.0 Å². The Hall–Kier alpha value is -6.45. The summed E-state index contributed by atoms with van der Waals surface area (Å²) >= 11 is 0. The van der Waals surface area contributed by atoms with Crippen molar-refractivity contribution in [2.24, 2.45) is 0 Å². The number of fused-ring (bicyclic) bond motifs is 8. The Kier molecular flexibility index (Phi) is 6.53. The van der Waals surface area contributed by atoms with E-state index >= 15 is 0 Å². The van der Waals surface area contributed by atoms with Crippen molar-refractivity contribution in [2.75, 3.05) is 0 Å². The van der Waals surface area contributed by atoms with E-state index in [0.717, 1.165) is 27.6 Å². The van der Waals surface area contributed by atoms with Crippen LogP contribution in [0.5, 0.6) is 0 Å². The molecule has 0 N–H and O–H groups in total. The Morgan fingerprint density at radius 3 is 1.43 bits per heavy atom. The van der Waals surface area contributed by atoms with Gasteiger partial charge in [0.1, 0.15) is 0 Å². The lowest BCUT2D eigenvalue weighted by molar-refractivity contribution is 0.662. The number of hydrogen-bond acceptors (Lipinski definition) is 3. The van der Waals surface area contributed by atoms with E-state index in [1.807, 2.05) is 36.4 Å². The third-order valence-corrected chi connectivity index (χ3v) is 10.7. The highest BCUT2D eigenvalue weighted by Gasteiger charge is 2.39. The summed E-state index contributed by atoms with van der Waals surface area (Å²) in [6.45, 7) is 4.76. The molecule has 0 bridgehead atoms. The van der Waals surface area contributed by atoms with E-state index in [2.05, 4.69) is 141 Å². The van der Waals surface area contributed by atoms with Gasteiger partial charge in [-0.25, -0.2) is 15.0 Å². The van der Waals surface area contributed by atoms with Crippen molar-refractivity contribution in [3.8, 4) is 56.4 Å². The van der Waals surface area contributed by atoms with Gasteiger partial charge in [-0.3, -0.25) is 0 Å². The Morgan fingerprint density at radius 2 is 0.824 bits per heavy atom. The largest absolute Gasteiger partial charge is 0.208 e. The van der Waals surface area contributed by atoms with Gasteiger partial charge in [-0.15, -0.1) is 0 Å². The first-order valence-electron chi connectivity index (χ1n) is 17.5. The first kappa shape index (κ1) is 29.5. The van der Waals surface area contributed by atoms with Gasteiger partial charge < -0.3 is 0 Å². The first-order chi connectivity index (χ1) is 25.1. The second-order valence-electron chi connectivity index (χ2n) is 13.9. The third-order valence-electron chi connectivity index (χ3n) is 10.7. The molecule has 1 aliphatic rings. The standard InChI is InChI=1S/C48H33N3/c1-48(2)40-29-28-30-16-9-10-21-33(30)41(40)38-26-15-27-39(44(38)48)42-36-24-13-11-22-34(36)35-23-12-14-25-37(35)43(42)47-50-45(31-17-5-3-6-18-31)49-46(51-47)32-19-7-4-8-20-32/h3-29H,1-2H3. The highest BCUT2D eigenvalue weighted by Crippen LogP contribution is 2.56. The van der Waals surface area contributed by atoms with E-state index < -0.39 is 0 Å². The van der Waals surface area contributed by atoms with Gasteiger partial charge in [0, 0.05) is 27.7 Å². The molecule has 0 saturated carbocycles. The second kappa shape index (κ2) is 11.3. The summed E-state index contributed by atoms with van der Waals surface area (Å²) in [5.74, 6) is 1.97. The van der Waals surface area contributed by atoms with Crippen molar-refractivity contribution in [1.82, 2.24) is 15.0 Å². The summed E-state index contributed by atoms with van der Waals surface area (Å²) in [7, 11) is 0. The van der Waals surface area contributed by atoms with Crippen LogP contribution in [0.3, 0.4) is 0 Å². The minimum absolute atomic E-state index is 0.251. The molecule has 0 saturated heterocycles. The number of nitrogens with zero attached hydrogens (tertiary/aromatic N) is 3. The van der Waals surface area contributed by atoms with Crippen LogP contribution in [0.2, 0.25) is 0 Å². The van der Waals surface area contributed by atoms with Gasteiger partial charge in [0.05, 0.1) is 0 Å². The van der Waals surface area contributed by atoms with Gasteiger partial charge in [0.25, 0.3) is 0 Å². The quantitative estimate of drug-likeness (QED) is 0.178. The predicted octanol–water partition coefficient (Wildman–Crippen LogP) is 12.3. The molecule has 240 valence electrons. The summed E-state index contributed by atoms with van der Waals surface area (Å²) in [5, 5.41) is 7.24. The van der Waals surface area contributed by atoms with Crippen molar-refractivity contribution in [3.63, 3.8) is 0 Å². The minimum atomic E-state index is -0.251. The summed E-state index contributed by atoms with van der Waals surface area (Å²) in [5.41, 5.74) is 10.3. The second-order valence-corrected chi connectivity index (χ2v) is 13.9. The molecule has 0 amide bonds. The Labute approximate surface area is 297 Å². The maximum Gasteiger partial charge on any atom is 0.165 e. The Balaban J connectivity index is 1.36. The molecule has 0 radical (unpaired) electrons. The Morgan fingerprint density at radius 1 is 0.353 bits per heavy atom. The summed E-state index contributed by atoms with van der Waals surface area (Å²) in [6, 6.07) is 58.2. The van der Waals surface area contributed by atoms with Gasteiger partial charge in [0.15, 0.2) is 17.5 Å². The smallest absolute Gasteiger partial charge is 0.165 e. The van der Waals surface area contributed by atoms with Crippen LogP contribution in [0, 0.1) is 0 Å². The van der Waals surface area contributed by atoms with Crippen LogP contribution in [0.15, 0.2) is 164 Å². The maximum absolute atomic E-state index is 5.33. The maximum atomic E-state index is 5.33. The zero-order valence-corrected chi connectivity index (χ0v) is 28.4. The average Bonchev–Trinajstić information content (AvgIpc) is 3.44. The lowest BCUT2D eigenvalue weighted by Gasteiger charge is -2.26. The molecule has 0 fully saturated rings.